The Morgan fingerprint density at radius 1 is 0.947 bits per heavy atom. The van der Waals surface area contributed by atoms with Crippen molar-refractivity contribution in [3.05, 3.63) is 75.9 Å². The number of ketones is 1. The molecule has 0 unspecified atom stereocenters. The molecule has 0 radical (unpaired) electrons. The molecule has 2 aromatic carbocycles. The van der Waals surface area contributed by atoms with Crippen molar-refractivity contribution >= 4 is 34.5 Å². The highest BCUT2D eigenvalue weighted by molar-refractivity contribution is 6.07. The number of carboxylic acid groups (broad SMARTS) is 1. The molecule has 38 heavy (non-hydrogen) atoms. The lowest BCUT2D eigenvalue weighted by molar-refractivity contribution is -0.179. The summed E-state index contributed by atoms with van der Waals surface area (Å²) in [4.78, 5) is 60.9. The largest absolute Gasteiger partial charge is 0.508 e. The zero-order valence-electron chi connectivity index (χ0n) is 20.5. The van der Waals surface area contributed by atoms with Crippen LogP contribution in [0.1, 0.15) is 35.7 Å². The van der Waals surface area contributed by atoms with Crippen LogP contribution in [0.15, 0.2) is 63.8 Å². The van der Waals surface area contributed by atoms with Gasteiger partial charge < -0.3 is 14.6 Å². The molecule has 0 spiro atoms. The van der Waals surface area contributed by atoms with Crippen LogP contribution >= 0.6 is 0 Å². The number of carbonyl (C=O) groups excluding carboxylic acids is 3. The normalized spacial score (nSPS) is 13.1. The fraction of sp³-hybridized carbons (Fsp3) is 0.179. The Labute approximate surface area is 216 Å². The number of fused-ring (bicyclic) bond motifs is 2. The first-order chi connectivity index (χ1) is 18.1. The van der Waals surface area contributed by atoms with E-state index in [1.165, 1.54) is 44.4 Å². The van der Waals surface area contributed by atoms with E-state index in [1.807, 2.05) is 0 Å². The van der Waals surface area contributed by atoms with Crippen LogP contribution in [0.25, 0.3) is 33.4 Å². The van der Waals surface area contributed by atoms with Gasteiger partial charge in [0.2, 0.25) is 0 Å². The second-order valence-electron chi connectivity index (χ2n) is 8.64. The van der Waals surface area contributed by atoms with E-state index < -0.39 is 5.97 Å². The summed E-state index contributed by atoms with van der Waals surface area (Å²) in [6, 6.07) is 13.7. The van der Waals surface area contributed by atoms with Crippen LogP contribution in [-0.4, -0.2) is 46.0 Å². The number of phenols is 1. The van der Waals surface area contributed by atoms with Gasteiger partial charge in [0.1, 0.15) is 22.9 Å². The summed E-state index contributed by atoms with van der Waals surface area (Å²) >= 11 is 0. The number of nitrogens with zero attached hydrogens (tertiary/aromatic N) is 1. The number of Topliss-reactive ketones (excluding diaryl/α,β-unsaturated/α-hetero) is 1. The number of hydrogen-bond donors (Lipinski definition) is 2. The zero-order valence-corrected chi connectivity index (χ0v) is 20.5. The van der Waals surface area contributed by atoms with Gasteiger partial charge in [0.05, 0.1) is 12.7 Å². The summed E-state index contributed by atoms with van der Waals surface area (Å²) in [7, 11) is 1.31. The number of aromatic carboxylic acids is 1. The number of hydrogen-bond acceptors (Lipinski definition) is 8. The number of imide groups is 1. The van der Waals surface area contributed by atoms with Crippen molar-refractivity contribution in [2.45, 2.75) is 26.2 Å². The van der Waals surface area contributed by atoms with E-state index in [2.05, 4.69) is 4.84 Å². The number of carboxylic acids is 1. The van der Waals surface area contributed by atoms with Gasteiger partial charge in [-0.1, -0.05) is 12.1 Å². The van der Waals surface area contributed by atoms with Gasteiger partial charge in [-0.25, -0.2) is 4.79 Å². The Bertz CT molecular complexity index is 1600. The highest BCUT2D eigenvalue weighted by atomic mass is 16.7. The minimum Gasteiger partial charge on any atom is -0.508 e. The lowest BCUT2D eigenvalue weighted by atomic mass is 9.89. The summed E-state index contributed by atoms with van der Waals surface area (Å²) in [5.74, 6) is -1.42. The summed E-state index contributed by atoms with van der Waals surface area (Å²) in [5, 5.41) is 21.0. The molecule has 10 heteroatoms. The highest BCUT2D eigenvalue weighted by Gasteiger charge is 2.29. The predicted molar refractivity (Wildman–Crippen MR) is 136 cm³/mol. The average molecular weight is 517 g/mol. The van der Waals surface area contributed by atoms with Crippen molar-refractivity contribution < 1.29 is 38.6 Å². The SMILES string of the molecule is CC(=O)Cc1ccc(-c2c3ccc(=O)cc-3oc3cc(O)ccc23)c(C(=O)O)c1.CON1C(=O)CCC1=O. The predicted octanol–water partition coefficient (Wildman–Crippen LogP) is 3.80. The van der Waals surface area contributed by atoms with E-state index in [4.69, 9.17) is 4.42 Å². The van der Waals surface area contributed by atoms with Crippen molar-refractivity contribution in [3.8, 4) is 28.2 Å². The maximum atomic E-state index is 12.0. The van der Waals surface area contributed by atoms with Crippen LogP contribution in [0.4, 0.5) is 0 Å². The number of phenolic OH excluding ortho intramolecular Hbond substituents is 1. The maximum Gasteiger partial charge on any atom is 0.336 e. The first kappa shape index (κ1) is 26.2. The highest BCUT2D eigenvalue weighted by Crippen LogP contribution is 2.42. The van der Waals surface area contributed by atoms with Crippen LogP contribution in [-0.2, 0) is 25.6 Å². The first-order valence-corrected chi connectivity index (χ1v) is 11.5. The van der Waals surface area contributed by atoms with Crippen molar-refractivity contribution in [2.75, 3.05) is 7.11 Å². The molecular formula is C28H23NO9. The number of rotatable bonds is 5. The minimum atomic E-state index is -1.13. The smallest absolute Gasteiger partial charge is 0.336 e. The lowest BCUT2D eigenvalue weighted by Gasteiger charge is -2.17. The van der Waals surface area contributed by atoms with E-state index in [0.29, 0.717) is 33.2 Å². The van der Waals surface area contributed by atoms with Crippen molar-refractivity contribution in [2.24, 2.45) is 0 Å². The fourth-order valence-corrected chi connectivity index (χ4v) is 4.29. The molecule has 10 nitrogen and oxygen atoms in total. The van der Waals surface area contributed by atoms with Crippen LogP contribution in [0.2, 0.25) is 0 Å². The molecule has 0 atom stereocenters. The molecule has 194 valence electrons. The minimum absolute atomic E-state index is 0.0138. The summed E-state index contributed by atoms with van der Waals surface area (Å²) in [6.45, 7) is 1.45. The van der Waals surface area contributed by atoms with Crippen LogP contribution < -0.4 is 5.43 Å². The van der Waals surface area contributed by atoms with Crippen LogP contribution in [0.5, 0.6) is 5.75 Å². The van der Waals surface area contributed by atoms with Gasteiger partial charge in [-0.15, -0.1) is 0 Å². The van der Waals surface area contributed by atoms with Gasteiger partial charge in [-0.05, 0) is 48.4 Å². The molecule has 2 amide bonds. The molecule has 0 aromatic heterocycles. The zero-order chi connectivity index (χ0) is 27.6. The third kappa shape index (κ3) is 5.30. The van der Waals surface area contributed by atoms with Crippen LogP contribution in [0, 0.1) is 0 Å². The topological polar surface area (TPSA) is 151 Å². The third-order valence-electron chi connectivity index (χ3n) is 5.90. The molecule has 3 aliphatic rings. The Balaban J connectivity index is 0.000000317. The molecule has 5 rings (SSSR count). The Morgan fingerprint density at radius 2 is 1.63 bits per heavy atom. The van der Waals surface area contributed by atoms with Gasteiger partial charge in [0.15, 0.2) is 5.43 Å². The molecule has 1 aliphatic carbocycles. The lowest BCUT2D eigenvalue weighted by Crippen LogP contribution is -2.27. The summed E-state index contributed by atoms with van der Waals surface area (Å²) in [5.41, 5.74) is 2.30. The van der Waals surface area contributed by atoms with E-state index in [0.717, 1.165) is 5.06 Å². The Kier molecular flexibility index (Phi) is 7.35. The van der Waals surface area contributed by atoms with Crippen molar-refractivity contribution in [1.82, 2.24) is 5.06 Å². The number of hydroxylamine groups is 2. The summed E-state index contributed by atoms with van der Waals surface area (Å²) in [6.07, 6.45) is 0.707. The van der Waals surface area contributed by atoms with Crippen molar-refractivity contribution in [3.63, 3.8) is 0 Å². The first-order valence-electron chi connectivity index (χ1n) is 11.5. The molecule has 0 bridgehead atoms. The summed E-state index contributed by atoms with van der Waals surface area (Å²) < 4.78 is 5.79. The van der Waals surface area contributed by atoms with Crippen LogP contribution in [0.3, 0.4) is 0 Å². The number of carbonyl (C=O) groups is 4. The van der Waals surface area contributed by atoms with Gasteiger partial charge in [0, 0.05) is 47.9 Å². The molecule has 1 fully saturated rings. The molecule has 2 heterocycles. The van der Waals surface area contributed by atoms with Gasteiger partial charge >= 0.3 is 5.97 Å². The Hall–Kier alpha value is -4.83. The van der Waals surface area contributed by atoms with E-state index >= 15 is 0 Å². The third-order valence-corrected chi connectivity index (χ3v) is 5.90. The maximum absolute atomic E-state index is 12.0. The van der Waals surface area contributed by atoms with Gasteiger partial charge in [-0.2, -0.15) is 5.06 Å². The fourth-order valence-electron chi connectivity index (χ4n) is 4.29. The average Bonchev–Trinajstić information content (AvgIpc) is 3.19. The van der Waals surface area contributed by atoms with E-state index in [9.17, 15) is 34.2 Å². The Morgan fingerprint density at radius 3 is 2.24 bits per heavy atom. The van der Waals surface area contributed by atoms with E-state index in [1.54, 1.807) is 24.3 Å². The van der Waals surface area contributed by atoms with Crippen molar-refractivity contribution in [1.29, 1.82) is 0 Å². The second kappa shape index (κ2) is 10.7. The standard InChI is InChI=1S/C23H16O6.C5H7NO3/c1-12(24)8-13-2-5-16(19(9-13)23(27)28)22-17-6-3-14(25)10-20(17)29-21-11-15(26)4-7-18(21)22;1-9-6-4(7)2-3-5(6)8/h2-7,9-11,25H,8H2,1H3,(H,27,28);2-3H2,1H3. The monoisotopic (exact) mass is 517 g/mol. The van der Waals surface area contributed by atoms with E-state index in [-0.39, 0.29) is 59.4 Å². The number of benzene rings is 3. The van der Waals surface area contributed by atoms with Gasteiger partial charge in [0.25, 0.3) is 11.8 Å². The molecule has 2 N–H and O–H groups in total. The quantitative estimate of drug-likeness (QED) is 0.297. The molecular weight excluding hydrogens is 494 g/mol. The molecule has 1 saturated heterocycles. The number of aromatic hydroxyl groups is 1. The van der Waals surface area contributed by atoms with Gasteiger partial charge in [-0.3, -0.25) is 24.0 Å². The molecule has 2 aromatic rings. The molecule has 2 aliphatic heterocycles. The number of amides is 2. The molecule has 0 saturated carbocycles. The second-order valence-corrected chi connectivity index (χ2v) is 8.64.